The highest BCUT2D eigenvalue weighted by Gasteiger charge is 2.41. The maximum atomic E-state index is 13.8. The highest BCUT2D eigenvalue weighted by atomic mass is 32.2. The van der Waals surface area contributed by atoms with Crippen molar-refractivity contribution in [1.29, 1.82) is 0 Å². The molecule has 10 heteroatoms. The standard InChI is InChI=1S/C27H35FN4O4S/c1-3-29-27(34)30-16-14-23(15-17-30)31(18-21-6-8-22(28)9-7-21)26(33)19-32(24-10-11-24)37(35,36)25-12-4-20(2)5-13-25/h4-9,12-13,23-24H,3,10-11,14-19H2,1-2H3,(H,29,34). The first-order valence-electron chi connectivity index (χ1n) is 12.8. The van der Waals surface area contributed by atoms with Crippen LogP contribution < -0.4 is 5.32 Å². The van der Waals surface area contributed by atoms with Crippen molar-refractivity contribution in [3.63, 3.8) is 0 Å². The summed E-state index contributed by atoms with van der Waals surface area (Å²) >= 11 is 0. The lowest BCUT2D eigenvalue weighted by Gasteiger charge is -2.39. The van der Waals surface area contributed by atoms with Gasteiger partial charge in [0.1, 0.15) is 5.82 Å². The van der Waals surface area contributed by atoms with Crippen LogP contribution in [0.4, 0.5) is 9.18 Å². The van der Waals surface area contributed by atoms with Crippen molar-refractivity contribution in [1.82, 2.24) is 19.4 Å². The normalized spacial score (nSPS) is 16.6. The summed E-state index contributed by atoms with van der Waals surface area (Å²) in [6.45, 7) is 5.29. The Labute approximate surface area is 218 Å². The molecule has 4 rings (SSSR count). The summed E-state index contributed by atoms with van der Waals surface area (Å²) in [5.74, 6) is -0.649. The second-order valence-electron chi connectivity index (χ2n) is 9.80. The van der Waals surface area contributed by atoms with Gasteiger partial charge in [0.25, 0.3) is 0 Å². The van der Waals surface area contributed by atoms with Gasteiger partial charge in [-0.1, -0.05) is 29.8 Å². The van der Waals surface area contributed by atoms with E-state index in [1.54, 1.807) is 46.2 Å². The fraction of sp³-hybridized carbons (Fsp3) is 0.481. The van der Waals surface area contributed by atoms with Gasteiger partial charge in [-0.2, -0.15) is 4.31 Å². The molecule has 2 fully saturated rings. The predicted octanol–water partition coefficient (Wildman–Crippen LogP) is 3.51. The Morgan fingerprint density at radius 2 is 1.59 bits per heavy atom. The van der Waals surface area contributed by atoms with E-state index in [0.29, 0.717) is 32.5 Å². The van der Waals surface area contributed by atoms with Gasteiger partial charge >= 0.3 is 6.03 Å². The van der Waals surface area contributed by atoms with Gasteiger partial charge < -0.3 is 15.1 Å². The first kappa shape index (κ1) is 27.1. The second-order valence-corrected chi connectivity index (χ2v) is 11.7. The largest absolute Gasteiger partial charge is 0.338 e. The van der Waals surface area contributed by atoms with E-state index in [1.165, 1.54) is 16.4 Å². The van der Waals surface area contributed by atoms with Crippen LogP contribution in [0.15, 0.2) is 53.4 Å². The first-order valence-corrected chi connectivity index (χ1v) is 14.3. The first-order chi connectivity index (χ1) is 17.7. The fourth-order valence-electron chi connectivity index (χ4n) is 4.69. The number of rotatable bonds is 9. The van der Waals surface area contributed by atoms with E-state index in [2.05, 4.69) is 5.32 Å². The minimum atomic E-state index is -3.84. The van der Waals surface area contributed by atoms with E-state index in [9.17, 15) is 22.4 Å². The number of hydrogen-bond donors (Lipinski definition) is 1. The molecule has 2 aromatic rings. The number of halogens is 1. The summed E-state index contributed by atoms with van der Waals surface area (Å²) in [4.78, 5) is 29.6. The third-order valence-electron chi connectivity index (χ3n) is 6.98. The lowest BCUT2D eigenvalue weighted by atomic mass is 10.0. The molecule has 0 radical (unpaired) electrons. The minimum Gasteiger partial charge on any atom is -0.338 e. The zero-order chi connectivity index (χ0) is 26.6. The monoisotopic (exact) mass is 530 g/mol. The summed E-state index contributed by atoms with van der Waals surface area (Å²) in [5.41, 5.74) is 1.72. The Bertz CT molecular complexity index is 1190. The molecule has 0 aromatic heterocycles. The topological polar surface area (TPSA) is 90.0 Å². The number of nitrogens with one attached hydrogen (secondary N) is 1. The predicted molar refractivity (Wildman–Crippen MR) is 139 cm³/mol. The van der Waals surface area contributed by atoms with Gasteiger partial charge in [-0.15, -0.1) is 0 Å². The van der Waals surface area contributed by atoms with Crippen molar-refractivity contribution in [2.75, 3.05) is 26.2 Å². The van der Waals surface area contributed by atoms with Crippen LogP contribution in [0.25, 0.3) is 0 Å². The molecule has 0 bridgehead atoms. The molecule has 0 spiro atoms. The van der Waals surface area contributed by atoms with E-state index in [-0.39, 0.29) is 47.8 Å². The number of sulfonamides is 1. The van der Waals surface area contributed by atoms with Crippen LogP contribution in [-0.2, 0) is 21.4 Å². The minimum absolute atomic E-state index is 0.124. The number of likely N-dealkylation sites (tertiary alicyclic amines) is 1. The molecule has 8 nitrogen and oxygen atoms in total. The maximum absolute atomic E-state index is 13.8. The van der Waals surface area contributed by atoms with E-state index in [4.69, 9.17) is 0 Å². The number of hydrogen-bond acceptors (Lipinski definition) is 4. The van der Waals surface area contributed by atoms with Gasteiger partial charge in [0.05, 0.1) is 11.4 Å². The molecule has 200 valence electrons. The van der Waals surface area contributed by atoms with Crippen molar-refractivity contribution in [3.8, 4) is 0 Å². The highest BCUT2D eigenvalue weighted by Crippen LogP contribution is 2.32. The number of aryl methyl sites for hydroxylation is 1. The Hall–Kier alpha value is -2.98. The Kier molecular flexibility index (Phi) is 8.49. The molecular weight excluding hydrogens is 495 g/mol. The Morgan fingerprint density at radius 3 is 2.16 bits per heavy atom. The van der Waals surface area contributed by atoms with E-state index < -0.39 is 10.0 Å². The molecule has 1 saturated carbocycles. The van der Waals surface area contributed by atoms with Gasteiger partial charge in [-0.3, -0.25) is 4.79 Å². The van der Waals surface area contributed by atoms with Crippen molar-refractivity contribution in [3.05, 3.63) is 65.5 Å². The van der Waals surface area contributed by atoms with Crippen molar-refractivity contribution in [2.24, 2.45) is 0 Å². The van der Waals surface area contributed by atoms with E-state index in [1.807, 2.05) is 13.8 Å². The van der Waals surface area contributed by atoms with Gasteiger partial charge in [0.15, 0.2) is 0 Å². The molecule has 1 aliphatic heterocycles. The third kappa shape index (κ3) is 6.67. The molecule has 1 saturated heterocycles. The molecule has 1 N–H and O–H groups in total. The van der Waals surface area contributed by atoms with Crippen LogP contribution >= 0.6 is 0 Å². The highest BCUT2D eigenvalue weighted by molar-refractivity contribution is 7.89. The van der Waals surface area contributed by atoms with Crippen molar-refractivity contribution < 1.29 is 22.4 Å². The van der Waals surface area contributed by atoms with Gasteiger partial charge in [-0.05, 0) is 69.4 Å². The van der Waals surface area contributed by atoms with Crippen LogP contribution in [0.2, 0.25) is 0 Å². The Balaban J connectivity index is 1.54. The molecule has 2 aromatic carbocycles. The second kappa shape index (κ2) is 11.6. The molecule has 3 amide bonds. The van der Waals surface area contributed by atoms with Gasteiger partial charge in [0.2, 0.25) is 15.9 Å². The maximum Gasteiger partial charge on any atom is 0.317 e. The molecular formula is C27H35FN4O4S. The lowest BCUT2D eigenvalue weighted by molar-refractivity contribution is -0.135. The summed E-state index contributed by atoms with van der Waals surface area (Å²) in [6, 6.07) is 12.2. The summed E-state index contributed by atoms with van der Waals surface area (Å²) in [6.07, 6.45) is 2.61. The van der Waals surface area contributed by atoms with Crippen LogP contribution in [-0.4, -0.2) is 72.7 Å². The van der Waals surface area contributed by atoms with Gasteiger partial charge in [-0.25, -0.2) is 17.6 Å². The van der Waals surface area contributed by atoms with Crippen molar-refractivity contribution >= 4 is 22.0 Å². The van der Waals surface area contributed by atoms with Crippen LogP contribution in [0.5, 0.6) is 0 Å². The molecule has 0 unspecified atom stereocenters. The molecule has 1 aliphatic carbocycles. The molecule has 0 atom stereocenters. The zero-order valence-corrected chi connectivity index (χ0v) is 22.2. The fourth-order valence-corrected chi connectivity index (χ4v) is 6.33. The summed E-state index contributed by atoms with van der Waals surface area (Å²) < 4.78 is 41.8. The SMILES string of the molecule is CCNC(=O)N1CCC(N(Cc2ccc(F)cc2)C(=O)CN(C2CC2)S(=O)(=O)c2ccc(C)cc2)CC1. The third-order valence-corrected chi connectivity index (χ3v) is 8.89. The number of carbonyl (C=O) groups excluding carboxylic acids is 2. The zero-order valence-electron chi connectivity index (χ0n) is 21.4. The average Bonchev–Trinajstić information content (AvgIpc) is 3.72. The van der Waals surface area contributed by atoms with Crippen LogP contribution in [0.1, 0.15) is 43.7 Å². The summed E-state index contributed by atoms with van der Waals surface area (Å²) in [7, 11) is -3.84. The van der Waals surface area contributed by atoms with Crippen LogP contribution in [0.3, 0.4) is 0 Å². The van der Waals surface area contributed by atoms with Gasteiger partial charge in [0, 0.05) is 38.3 Å². The number of piperidine rings is 1. The number of benzene rings is 2. The average molecular weight is 531 g/mol. The van der Waals surface area contributed by atoms with Crippen LogP contribution in [0, 0.1) is 12.7 Å². The molecule has 37 heavy (non-hydrogen) atoms. The smallest absolute Gasteiger partial charge is 0.317 e. The summed E-state index contributed by atoms with van der Waals surface area (Å²) in [5, 5.41) is 2.81. The van der Waals surface area contributed by atoms with Crippen molar-refractivity contribution in [2.45, 2.75) is 63.1 Å². The van der Waals surface area contributed by atoms with E-state index >= 15 is 0 Å². The lowest BCUT2D eigenvalue weighted by Crippen LogP contribution is -2.52. The number of carbonyl (C=O) groups is 2. The van der Waals surface area contributed by atoms with E-state index in [0.717, 1.165) is 24.0 Å². The number of nitrogens with zero attached hydrogens (tertiary/aromatic N) is 3. The number of urea groups is 1. The Morgan fingerprint density at radius 1 is 0.973 bits per heavy atom. The molecule has 2 aliphatic rings. The quantitative estimate of drug-likeness (QED) is 0.537. The number of amides is 3. The molecule has 1 heterocycles.